The number of amides is 1. The van der Waals surface area contributed by atoms with Crippen LogP contribution in [0.25, 0.3) is 0 Å². The van der Waals surface area contributed by atoms with Crippen molar-refractivity contribution in [2.45, 2.75) is 31.3 Å². The molecule has 2 heterocycles. The minimum Gasteiger partial charge on any atom is -0.302 e. The summed E-state index contributed by atoms with van der Waals surface area (Å²) in [5.41, 5.74) is 2.16. The van der Waals surface area contributed by atoms with Crippen molar-refractivity contribution in [3.05, 3.63) is 82.9 Å². The Morgan fingerprint density at radius 1 is 1.13 bits per heavy atom. The second-order valence-electron chi connectivity index (χ2n) is 6.82. The van der Waals surface area contributed by atoms with Crippen molar-refractivity contribution >= 4 is 39.8 Å². The van der Waals surface area contributed by atoms with Gasteiger partial charge < -0.3 is 4.57 Å². The third-order valence-corrected chi connectivity index (χ3v) is 6.45. The Morgan fingerprint density at radius 2 is 1.87 bits per heavy atom. The molecular formula is C22H20FN5OS2. The SMILES string of the molecule is CC(=O)N(c1nc(CSc2nnc(C)n2Cc2ccccc2)cs1)c1ccccc1F. The van der Waals surface area contributed by atoms with Gasteiger partial charge in [0.15, 0.2) is 10.3 Å². The first-order chi connectivity index (χ1) is 15.0. The fourth-order valence-corrected chi connectivity index (χ4v) is 4.92. The number of rotatable bonds is 7. The minimum absolute atomic E-state index is 0.196. The molecule has 0 atom stereocenters. The van der Waals surface area contributed by atoms with Gasteiger partial charge in [-0.2, -0.15) is 0 Å². The molecule has 0 unspecified atom stereocenters. The van der Waals surface area contributed by atoms with Gasteiger partial charge in [-0.05, 0) is 24.6 Å². The summed E-state index contributed by atoms with van der Waals surface area (Å²) in [6.45, 7) is 4.02. The van der Waals surface area contributed by atoms with Gasteiger partial charge in [-0.25, -0.2) is 9.37 Å². The van der Waals surface area contributed by atoms with Crippen molar-refractivity contribution < 1.29 is 9.18 Å². The number of anilines is 2. The lowest BCUT2D eigenvalue weighted by atomic mass is 10.2. The molecule has 0 saturated heterocycles. The highest BCUT2D eigenvalue weighted by Crippen LogP contribution is 2.32. The molecule has 9 heteroatoms. The largest absolute Gasteiger partial charge is 0.302 e. The number of halogens is 1. The number of benzene rings is 2. The Balaban J connectivity index is 1.50. The van der Waals surface area contributed by atoms with Crippen LogP contribution in [0.2, 0.25) is 0 Å². The van der Waals surface area contributed by atoms with Gasteiger partial charge in [0.05, 0.1) is 17.9 Å². The molecule has 0 spiro atoms. The van der Waals surface area contributed by atoms with Crippen LogP contribution in [0.3, 0.4) is 0 Å². The zero-order valence-electron chi connectivity index (χ0n) is 17.0. The highest BCUT2D eigenvalue weighted by molar-refractivity contribution is 7.98. The number of hydrogen-bond acceptors (Lipinski definition) is 6. The quantitative estimate of drug-likeness (QED) is 0.360. The lowest BCUT2D eigenvalue weighted by molar-refractivity contribution is -0.115. The van der Waals surface area contributed by atoms with Crippen molar-refractivity contribution in [1.82, 2.24) is 19.7 Å². The van der Waals surface area contributed by atoms with Crippen LogP contribution in [-0.2, 0) is 17.1 Å². The zero-order chi connectivity index (χ0) is 21.8. The van der Waals surface area contributed by atoms with Gasteiger partial charge in [0.2, 0.25) is 5.91 Å². The smallest absolute Gasteiger partial charge is 0.230 e. The molecule has 6 nitrogen and oxygen atoms in total. The van der Waals surface area contributed by atoms with E-state index in [1.165, 1.54) is 46.6 Å². The van der Waals surface area contributed by atoms with E-state index in [2.05, 4.69) is 31.9 Å². The van der Waals surface area contributed by atoms with E-state index in [4.69, 9.17) is 0 Å². The molecule has 0 N–H and O–H groups in total. The maximum absolute atomic E-state index is 14.2. The molecule has 0 fully saturated rings. The zero-order valence-corrected chi connectivity index (χ0v) is 18.7. The maximum Gasteiger partial charge on any atom is 0.230 e. The average Bonchev–Trinajstić information content (AvgIpc) is 3.36. The molecule has 2 aromatic heterocycles. The summed E-state index contributed by atoms with van der Waals surface area (Å²) in [5, 5.41) is 11.6. The number of hydrogen-bond donors (Lipinski definition) is 0. The molecule has 0 bridgehead atoms. The van der Waals surface area contributed by atoms with Gasteiger partial charge in [-0.1, -0.05) is 54.2 Å². The predicted molar refractivity (Wildman–Crippen MR) is 121 cm³/mol. The van der Waals surface area contributed by atoms with E-state index in [0.717, 1.165) is 16.7 Å². The molecule has 1 amide bonds. The topological polar surface area (TPSA) is 63.9 Å². The maximum atomic E-state index is 14.2. The summed E-state index contributed by atoms with van der Waals surface area (Å²) in [6.07, 6.45) is 0. The number of nitrogens with zero attached hydrogens (tertiary/aromatic N) is 5. The van der Waals surface area contributed by atoms with E-state index in [0.29, 0.717) is 17.4 Å². The van der Waals surface area contributed by atoms with Crippen molar-refractivity contribution in [3.8, 4) is 0 Å². The normalized spacial score (nSPS) is 10.9. The Hall–Kier alpha value is -3.04. The van der Waals surface area contributed by atoms with E-state index < -0.39 is 5.82 Å². The van der Waals surface area contributed by atoms with Crippen LogP contribution in [0.1, 0.15) is 24.0 Å². The van der Waals surface area contributed by atoms with E-state index in [1.807, 2.05) is 30.5 Å². The third kappa shape index (κ3) is 4.83. The lowest BCUT2D eigenvalue weighted by Gasteiger charge is -2.18. The van der Waals surface area contributed by atoms with E-state index in [9.17, 15) is 9.18 Å². The van der Waals surface area contributed by atoms with Crippen molar-refractivity contribution in [1.29, 1.82) is 0 Å². The summed E-state index contributed by atoms with van der Waals surface area (Å²) >= 11 is 2.84. The molecule has 0 radical (unpaired) electrons. The van der Waals surface area contributed by atoms with Crippen LogP contribution in [0.15, 0.2) is 65.1 Å². The second-order valence-corrected chi connectivity index (χ2v) is 8.60. The molecule has 0 aliphatic heterocycles. The minimum atomic E-state index is -0.465. The van der Waals surface area contributed by atoms with Crippen LogP contribution in [0, 0.1) is 12.7 Å². The van der Waals surface area contributed by atoms with Gasteiger partial charge in [0.1, 0.15) is 11.6 Å². The third-order valence-electron chi connectivity index (χ3n) is 4.57. The van der Waals surface area contributed by atoms with Gasteiger partial charge in [0.25, 0.3) is 0 Å². The van der Waals surface area contributed by atoms with Crippen LogP contribution in [0.5, 0.6) is 0 Å². The Bertz CT molecular complexity index is 1190. The number of carbonyl (C=O) groups is 1. The number of aryl methyl sites for hydroxylation is 1. The standard InChI is InChI=1S/C22H20FN5OS2/c1-15-25-26-22(27(15)12-17-8-4-3-5-9-17)31-14-18-13-30-21(24-18)28(16(2)29)20-11-7-6-10-19(20)23/h3-11,13H,12,14H2,1-2H3. The summed E-state index contributed by atoms with van der Waals surface area (Å²) in [7, 11) is 0. The van der Waals surface area contributed by atoms with E-state index in [-0.39, 0.29) is 11.6 Å². The van der Waals surface area contributed by atoms with Gasteiger partial charge in [-0.3, -0.25) is 9.69 Å². The average molecular weight is 454 g/mol. The van der Waals surface area contributed by atoms with Gasteiger partial charge in [0, 0.05) is 18.1 Å². The number of thiazole rings is 1. The first-order valence-electron chi connectivity index (χ1n) is 9.59. The highest BCUT2D eigenvalue weighted by Gasteiger charge is 2.21. The molecule has 158 valence electrons. The van der Waals surface area contributed by atoms with E-state index >= 15 is 0 Å². The molecule has 2 aromatic carbocycles. The fraction of sp³-hybridized carbons (Fsp3) is 0.182. The van der Waals surface area contributed by atoms with Crippen LogP contribution in [0.4, 0.5) is 15.2 Å². The lowest BCUT2D eigenvalue weighted by Crippen LogP contribution is -2.23. The molecule has 31 heavy (non-hydrogen) atoms. The van der Waals surface area contributed by atoms with Crippen LogP contribution in [-0.4, -0.2) is 25.7 Å². The summed E-state index contributed by atoms with van der Waals surface area (Å²) in [4.78, 5) is 18.1. The molecule has 4 aromatic rings. The Labute approximate surface area is 187 Å². The Morgan fingerprint density at radius 3 is 2.61 bits per heavy atom. The van der Waals surface area contributed by atoms with Crippen molar-refractivity contribution in [2.75, 3.05) is 4.90 Å². The number of aromatic nitrogens is 4. The van der Waals surface area contributed by atoms with Gasteiger partial charge >= 0.3 is 0 Å². The molecule has 0 saturated carbocycles. The molecular weight excluding hydrogens is 433 g/mol. The number of para-hydroxylation sites is 1. The van der Waals surface area contributed by atoms with Crippen LogP contribution >= 0.6 is 23.1 Å². The first-order valence-corrected chi connectivity index (χ1v) is 11.5. The summed E-state index contributed by atoms with van der Waals surface area (Å²) in [5.74, 6) is 0.643. The summed E-state index contributed by atoms with van der Waals surface area (Å²) in [6, 6.07) is 16.3. The number of thioether (sulfide) groups is 1. The summed E-state index contributed by atoms with van der Waals surface area (Å²) < 4.78 is 16.3. The number of carbonyl (C=O) groups excluding carboxylic acids is 1. The van der Waals surface area contributed by atoms with Crippen LogP contribution < -0.4 is 4.90 Å². The van der Waals surface area contributed by atoms with E-state index in [1.54, 1.807) is 18.2 Å². The monoisotopic (exact) mass is 453 g/mol. The predicted octanol–water partition coefficient (Wildman–Crippen LogP) is 5.21. The fourth-order valence-electron chi connectivity index (χ4n) is 3.06. The molecule has 0 aliphatic rings. The Kier molecular flexibility index (Phi) is 6.43. The van der Waals surface area contributed by atoms with Crippen molar-refractivity contribution in [2.24, 2.45) is 0 Å². The highest BCUT2D eigenvalue weighted by atomic mass is 32.2. The van der Waals surface area contributed by atoms with Gasteiger partial charge in [-0.15, -0.1) is 21.5 Å². The van der Waals surface area contributed by atoms with Crippen molar-refractivity contribution in [3.63, 3.8) is 0 Å². The molecule has 0 aliphatic carbocycles. The molecule has 4 rings (SSSR count). The first kappa shape index (κ1) is 21.2. The second kappa shape index (κ2) is 9.40.